The molecule has 1 aliphatic rings. The lowest BCUT2D eigenvalue weighted by Crippen LogP contribution is -2.11. The molecule has 0 unspecified atom stereocenters. The smallest absolute Gasteiger partial charge is 0.387 e. The van der Waals surface area contributed by atoms with Gasteiger partial charge in [0.25, 0.3) is 0 Å². The van der Waals surface area contributed by atoms with Crippen molar-refractivity contribution in [3.63, 3.8) is 0 Å². The van der Waals surface area contributed by atoms with Gasteiger partial charge in [-0.2, -0.15) is 8.78 Å². The third-order valence-corrected chi connectivity index (χ3v) is 5.06. The van der Waals surface area contributed by atoms with Crippen LogP contribution in [-0.2, 0) is 0 Å². The second-order valence-electron chi connectivity index (χ2n) is 6.46. The van der Waals surface area contributed by atoms with Crippen LogP contribution < -0.4 is 4.74 Å². The molecule has 0 saturated heterocycles. The fraction of sp³-hybridized carbons (Fsp3) is 0.333. The summed E-state index contributed by atoms with van der Waals surface area (Å²) in [7, 11) is 0. The Kier molecular flexibility index (Phi) is 6.09. The lowest BCUT2D eigenvalue weighted by Gasteiger charge is -2.27. The highest BCUT2D eigenvalue weighted by molar-refractivity contribution is 6.25. The van der Waals surface area contributed by atoms with Crippen molar-refractivity contribution < 1.29 is 13.5 Å². The van der Waals surface area contributed by atoms with Crippen LogP contribution in [0.1, 0.15) is 37.2 Å². The first-order chi connectivity index (χ1) is 12.2. The highest BCUT2D eigenvalue weighted by Crippen LogP contribution is 2.37. The predicted molar refractivity (Wildman–Crippen MR) is 98.2 cm³/mol. The summed E-state index contributed by atoms with van der Waals surface area (Å²) in [5, 5.41) is 0. The molecular weight excluding hydrogens is 342 g/mol. The molecule has 3 rings (SSSR count). The van der Waals surface area contributed by atoms with Gasteiger partial charge >= 0.3 is 6.61 Å². The molecule has 2 aromatic carbocycles. The van der Waals surface area contributed by atoms with Crippen LogP contribution in [0.25, 0.3) is 11.1 Å². The zero-order valence-electron chi connectivity index (χ0n) is 13.9. The molecule has 2 aromatic rings. The van der Waals surface area contributed by atoms with Gasteiger partial charge in [-0.3, -0.25) is 0 Å². The summed E-state index contributed by atoms with van der Waals surface area (Å²) < 4.78 is 28.8. The van der Waals surface area contributed by atoms with E-state index in [1.54, 1.807) is 29.8 Å². The molecule has 0 amide bonds. The van der Waals surface area contributed by atoms with E-state index >= 15 is 0 Å². The van der Waals surface area contributed by atoms with Crippen LogP contribution in [0.15, 0.2) is 60.1 Å². The molecule has 25 heavy (non-hydrogen) atoms. The number of ether oxygens (including phenoxy) is 1. The van der Waals surface area contributed by atoms with Crippen LogP contribution in [-0.4, -0.2) is 6.61 Å². The maximum atomic E-state index is 12.2. The zero-order valence-corrected chi connectivity index (χ0v) is 14.6. The topological polar surface area (TPSA) is 9.23 Å². The minimum Gasteiger partial charge on any atom is -0.435 e. The van der Waals surface area contributed by atoms with Crippen molar-refractivity contribution in [3.8, 4) is 16.9 Å². The number of hydrogen-bond donors (Lipinski definition) is 0. The summed E-state index contributed by atoms with van der Waals surface area (Å²) in [6.45, 7) is -2.79. The Morgan fingerprint density at radius 1 is 0.880 bits per heavy atom. The van der Waals surface area contributed by atoms with E-state index in [1.165, 1.54) is 31.2 Å². The number of hydrogen-bond acceptors (Lipinski definition) is 1. The van der Waals surface area contributed by atoms with Crippen molar-refractivity contribution in [2.24, 2.45) is 5.92 Å². The summed E-state index contributed by atoms with van der Waals surface area (Å²) in [6.07, 6.45) is 6.83. The minimum absolute atomic E-state index is 0.179. The molecule has 1 nitrogen and oxygen atoms in total. The van der Waals surface area contributed by atoms with Crippen LogP contribution >= 0.6 is 11.6 Å². The van der Waals surface area contributed by atoms with Crippen molar-refractivity contribution in [1.29, 1.82) is 0 Å². The normalized spacial score (nSPS) is 21.0. The van der Waals surface area contributed by atoms with Gasteiger partial charge in [-0.15, -0.1) is 0 Å². The van der Waals surface area contributed by atoms with Gasteiger partial charge in [-0.25, -0.2) is 0 Å². The van der Waals surface area contributed by atoms with Gasteiger partial charge in [0.1, 0.15) is 5.75 Å². The van der Waals surface area contributed by atoms with Crippen molar-refractivity contribution in [2.45, 2.75) is 38.2 Å². The Labute approximate surface area is 152 Å². The summed E-state index contributed by atoms with van der Waals surface area (Å²) in [5.41, 5.74) is 5.07. The molecule has 0 heterocycles. The third kappa shape index (κ3) is 4.82. The molecule has 0 aliphatic heterocycles. The standard InChI is InChI=1S/C21H21ClF2O/c22-14-13-15-1-3-16(4-2-15)17-5-7-18(8-6-17)19-9-11-20(12-10-19)25-21(23)24/h5-16,21H,1-4H2. The largest absolute Gasteiger partial charge is 0.435 e. The Morgan fingerprint density at radius 2 is 1.44 bits per heavy atom. The first kappa shape index (κ1) is 17.9. The third-order valence-electron chi connectivity index (χ3n) is 4.91. The van der Waals surface area contributed by atoms with Gasteiger partial charge in [0.2, 0.25) is 0 Å². The van der Waals surface area contributed by atoms with Crippen molar-refractivity contribution in [3.05, 3.63) is 65.7 Å². The minimum atomic E-state index is -2.79. The highest BCUT2D eigenvalue weighted by atomic mass is 35.5. The Hall–Kier alpha value is -1.87. The Morgan fingerprint density at radius 3 is 1.96 bits per heavy atom. The van der Waals surface area contributed by atoms with Crippen LogP contribution in [0, 0.1) is 5.92 Å². The second-order valence-corrected chi connectivity index (χ2v) is 6.71. The van der Waals surface area contributed by atoms with E-state index < -0.39 is 6.61 Å². The molecule has 0 bridgehead atoms. The first-order valence-electron chi connectivity index (χ1n) is 8.58. The van der Waals surface area contributed by atoms with Gasteiger partial charge < -0.3 is 4.74 Å². The molecule has 1 aliphatic carbocycles. The van der Waals surface area contributed by atoms with Gasteiger partial charge in [0.15, 0.2) is 0 Å². The van der Waals surface area contributed by atoms with E-state index in [1.807, 2.05) is 0 Å². The summed E-state index contributed by atoms with van der Waals surface area (Å²) in [4.78, 5) is 0. The van der Waals surface area contributed by atoms with Crippen molar-refractivity contribution in [1.82, 2.24) is 0 Å². The lowest BCUT2D eigenvalue weighted by molar-refractivity contribution is -0.0498. The number of allylic oxidation sites excluding steroid dienone is 1. The average molecular weight is 363 g/mol. The van der Waals surface area contributed by atoms with Crippen LogP contribution in [0.2, 0.25) is 0 Å². The first-order valence-corrected chi connectivity index (χ1v) is 9.01. The maximum absolute atomic E-state index is 12.2. The molecule has 1 fully saturated rings. The summed E-state index contributed by atoms with van der Waals surface area (Å²) in [6, 6.07) is 15.3. The Balaban J connectivity index is 1.64. The van der Waals surface area contributed by atoms with Gasteiger partial charge in [-0.05, 0) is 66.3 Å². The molecule has 132 valence electrons. The van der Waals surface area contributed by atoms with Gasteiger partial charge in [0.05, 0.1) is 0 Å². The van der Waals surface area contributed by atoms with E-state index in [2.05, 4.69) is 35.1 Å². The quantitative estimate of drug-likeness (QED) is 0.557. The van der Waals surface area contributed by atoms with E-state index in [9.17, 15) is 8.78 Å². The van der Waals surface area contributed by atoms with E-state index in [-0.39, 0.29) is 5.75 Å². The average Bonchev–Trinajstić information content (AvgIpc) is 2.63. The molecule has 0 atom stereocenters. The number of halogens is 3. The maximum Gasteiger partial charge on any atom is 0.387 e. The molecular formula is C21H21ClF2O. The van der Waals surface area contributed by atoms with Crippen LogP contribution in [0.5, 0.6) is 5.75 Å². The SMILES string of the molecule is FC(F)Oc1ccc(-c2ccc(C3CCC(C=CCl)CC3)cc2)cc1. The molecule has 0 aromatic heterocycles. The monoisotopic (exact) mass is 362 g/mol. The van der Waals surface area contributed by atoms with Gasteiger partial charge in [0, 0.05) is 5.54 Å². The lowest BCUT2D eigenvalue weighted by atomic mass is 9.78. The van der Waals surface area contributed by atoms with Gasteiger partial charge in [-0.1, -0.05) is 54.1 Å². The van der Waals surface area contributed by atoms with E-state index in [4.69, 9.17) is 11.6 Å². The Bertz CT molecular complexity index is 687. The van der Waals surface area contributed by atoms with E-state index in [0.29, 0.717) is 11.8 Å². The predicted octanol–water partition coefficient (Wildman–Crippen LogP) is 6.98. The van der Waals surface area contributed by atoms with Crippen LogP contribution in [0.4, 0.5) is 8.78 Å². The summed E-state index contributed by atoms with van der Waals surface area (Å²) >= 11 is 5.67. The molecule has 0 radical (unpaired) electrons. The van der Waals surface area contributed by atoms with Crippen molar-refractivity contribution >= 4 is 11.6 Å². The molecule has 1 saturated carbocycles. The number of benzene rings is 2. The molecule has 4 heteroatoms. The fourth-order valence-corrected chi connectivity index (χ4v) is 3.73. The summed E-state index contributed by atoms with van der Waals surface area (Å²) in [5.74, 6) is 1.40. The zero-order chi connectivity index (χ0) is 17.6. The number of alkyl halides is 2. The highest BCUT2D eigenvalue weighted by Gasteiger charge is 2.20. The second kappa shape index (κ2) is 8.48. The number of rotatable bonds is 5. The molecule has 0 spiro atoms. The van der Waals surface area contributed by atoms with Crippen molar-refractivity contribution in [2.75, 3.05) is 0 Å². The fourth-order valence-electron chi connectivity index (χ4n) is 3.52. The van der Waals surface area contributed by atoms with E-state index in [0.717, 1.165) is 11.1 Å². The molecule has 0 N–H and O–H groups in total. The van der Waals surface area contributed by atoms with Crippen LogP contribution in [0.3, 0.4) is 0 Å².